The van der Waals surface area contributed by atoms with Crippen molar-refractivity contribution in [1.82, 2.24) is 20.5 Å². The van der Waals surface area contributed by atoms with Crippen molar-refractivity contribution < 1.29 is 13.2 Å². The van der Waals surface area contributed by atoms with Crippen LogP contribution in [0.2, 0.25) is 5.02 Å². The molecule has 1 aromatic heterocycles. The molecule has 1 amide bonds. The lowest BCUT2D eigenvalue weighted by Crippen LogP contribution is -2.27. The lowest BCUT2D eigenvalue weighted by molar-refractivity contribution is 0.0956. The van der Waals surface area contributed by atoms with Crippen LogP contribution in [-0.2, 0) is 10.0 Å². The van der Waals surface area contributed by atoms with E-state index >= 15 is 0 Å². The quantitative estimate of drug-likeness (QED) is 0.391. The number of rotatable bonds is 8. The highest BCUT2D eigenvalue weighted by Gasteiger charge is 2.17. The molecule has 1 heterocycles. The SMILES string of the molecule is CN(c1cc(C(=O)NCCSc2n[nH]c(-c3ccccc3)n2)ccc1Cl)S(C)(=O)=O. The molecule has 0 unspecified atom stereocenters. The first-order valence-electron chi connectivity index (χ1n) is 8.88. The summed E-state index contributed by atoms with van der Waals surface area (Å²) >= 11 is 7.49. The monoisotopic (exact) mass is 465 g/mol. The van der Waals surface area contributed by atoms with Gasteiger partial charge in [0.15, 0.2) is 5.82 Å². The molecule has 2 N–H and O–H groups in total. The molecule has 8 nitrogen and oxygen atoms in total. The molecule has 2 aromatic carbocycles. The fourth-order valence-electron chi connectivity index (χ4n) is 2.52. The van der Waals surface area contributed by atoms with Crippen molar-refractivity contribution in [3.63, 3.8) is 0 Å². The minimum Gasteiger partial charge on any atom is -0.351 e. The van der Waals surface area contributed by atoms with Gasteiger partial charge in [0.2, 0.25) is 15.2 Å². The Hall–Kier alpha value is -2.56. The number of carbonyl (C=O) groups excluding carboxylic acids is 1. The van der Waals surface area contributed by atoms with Crippen LogP contribution in [0.1, 0.15) is 10.4 Å². The first kappa shape index (κ1) is 22.1. The van der Waals surface area contributed by atoms with Crippen molar-refractivity contribution in [1.29, 1.82) is 0 Å². The van der Waals surface area contributed by atoms with E-state index < -0.39 is 10.0 Å². The van der Waals surface area contributed by atoms with E-state index in [9.17, 15) is 13.2 Å². The van der Waals surface area contributed by atoms with Gasteiger partial charge >= 0.3 is 0 Å². The lowest BCUT2D eigenvalue weighted by Gasteiger charge is -2.18. The predicted molar refractivity (Wildman–Crippen MR) is 120 cm³/mol. The molecule has 158 valence electrons. The Morgan fingerprint density at radius 3 is 2.67 bits per heavy atom. The number of nitrogens with one attached hydrogen (secondary N) is 2. The Morgan fingerprint density at radius 2 is 1.97 bits per heavy atom. The van der Waals surface area contributed by atoms with Gasteiger partial charge < -0.3 is 5.32 Å². The molecule has 0 saturated heterocycles. The van der Waals surface area contributed by atoms with Crippen LogP contribution in [0.5, 0.6) is 0 Å². The second-order valence-corrected chi connectivity index (χ2v) is 9.82. The average Bonchev–Trinajstić information content (AvgIpc) is 3.20. The second-order valence-electron chi connectivity index (χ2n) is 6.33. The van der Waals surface area contributed by atoms with Gasteiger partial charge in [-0.25, -0.2) is 13.4 Å². The summed E-state index contributed by atoms with van der Waals surface area (Å²) in [4.78, 5) is 16.8. The number of carbonyl (C=O) groups is 1. The molecule has 0 bridgehead atoms. The van der Waals surface area contributed by atoms with E-state index in [0.29, 0.717) is 28.8 Å². The van der Waals surface area contributed by atoms with Crippen LogP contribution in [0.25, 0.3) is 11.4 Å². The largest absolute Gasteiger partial charge is 0.351 e. The molecule has 0 aliphatic carbocycles. The standard InChI is InChI=1S/C19H20ClN5O3S2/c1-25(30(2,27)28)16-12-14(8-9-15(16)20)18(26)21-10-11-29-19-22-17(23-24-19)13-6-4-3-5-7-13/h3-9,12H,10-11H2,1-2H3,(H,21,26)(H,22,23,24). The van der Waals surface area contributed by atoms with Gasteiger partial charge in [0, 0.05) is 30.5 Å². The van der Waals surface area contributed by atoms with E-state index in [-0.39, 0.29) is 16.6 Å². The Balaban J connectivity index is 1.55. The fourth-order valence-corrected chi connectivity index (χ4v) is 3.97. The average molecular weight is 466 g/mol. The Morgan fingerprint density at radius 1 is 1.23 bits per heavy atom. The van der Waals surface area contributed by atoms with E-state index in [1.54, 1.807) is 6.07 Å². The summed E-state index contributed by atoms with van der Waals surface area (Å²) in [6.07, 6.45) is 1.07. The number of aromatic amines is 1. The van der Waals surface area contributed by atoms with Gasteiger partial charge in [0.25, 0.3) is 5.91 Å². The normalized spacial score (nSPS) is 11.3. The molecule has 0 saturated carbocycles. The van der Waals surface area contributed by atoms with Crippen LogP contribution in [0, 0.1) is 0 Å². The predicted octanol–water partition coefficient (Wildman–Crippen LogP) is 3.04. The number of hydrogen-bond acceptors (Lipinski definition) is 6. The Bertz CT molecular complexity index is 1140. The van der Waals surface area contributed by atoms with Crippen molar-refractivity contribution in [2.45, 2.75) is 5.16 Å². The highest BCUT2D eigenvalue weighted by molar-refractivity contribution is 7.99. The summed E-state index contributed by atoms with van der Waals surface area (Å²) in [5, 5.41) is 10.7. The van der Waals surface area contributed by atoms with E-state index in [1.807, 2.05) is 30.3 Å². The maximum absolute atomic E-state index is 12.4. The minimum absolute atomic E-state index is 0.244. The summed E-state index contributed by atoms with van der Waals surface area (Å²) in [6, 6.07) is 14.2. The summed E-state index contributed by atoms with van der Waals surface area (Å²) in [7, 11) is -2.11. The molecule has 30 heavy (non-hydrogen) atoms. The number of benzene rings is 2. The van der Waals surface area contributed by atoms with Crippen molar-refractivity contribution in [3.05, 3.63) is 59.1 Å². The third-order valence-electron chi connectivity index (χ3n) is 4.18. The molecule has 0 fully saturated rings. The van der Waals surface area contributed by atoms with Crippen molar-refractivity contribution >= 4 is 45.0 Å². The molecule has 3 aromatic rings. The summed E-state index contributed by atoms with van der Waals surface area (Å²) < 4.78 is 24.5. The Kier molecular flexibility index (Phi) is 7.01. The van der Waals surface area contributed by atoms with Crippen LogP contribution >= 0.6 is 23.4 Å². The number of sulfonamides is 1. The third kappa shape index (κ3) is 5.53. The van der Waals surface area contributed by atoms with Crippen molar-refractivity contribution in [2.75, 3.05) is 29.9 Å². The maximum atomic E-state index is 12.4. The number of hydrogen-bond donors (Lipinski definition) is 2. The molecular weight excluding hydrogens is 446 g/mol. The maximum Gasteiger partial charge on any atom is 0.251 e. The summed E-state index contributed by atoms with van der Waals surface area (Å²) in [5.41, 5.74) is 1.51. The lowest BCUT2D eigenvalue weighted by atomic mass is 10.2. The molecule has 0 atom stereocenters. The number of aromatic nitrogens is 3. The molecule has 0 aliphatic heterocycles. The summed E-state index contributed by atoms with van der Waals surface area (Å²) in [5.74, 6) is 0.933. The number of nitrogens with zero attached hydrogens (tertiary/aromatic N) is 3. The molecule has 3 rings (SSSR count). The molecule has 0 radical (unpaired) electrons. The van der Waals surface area contributed by atoms with Crippen LogP contribution in [0.3, 0.4) is 0 Å². The first-order chi connectivity index (χ1) is 14.3. The molecular formula is C19H20ClN5O3S2. The summed E-state index contributed by atoms with van der Waals surface area (Å²) in [6.45, 7) is 0.387. The minimum atomic E-state index is -3.49. The van der Waals surface area contributed by atoms with Crippen LogP contribution in [-0.4, -0.2) is 55.1 Å². The van der Waals surface area contributed by atoms with Crippen LogP contribution in [0.15, 0.2) is 53.7 Å². The van der Waals surface area contributed by atoms with E-state index in [0.717, 1.165) is 16.1 Å². The molecule has 11 heteroatoms. The smallest absolute Gasteiger partial charge is 0.251 e. The van der Waals surface area contributed by atoms with Gasteiger partial charge in [-0.1, -0.05) is 53.7 Å². The zero-order valence-corrected chi connectivity index (χ0v) is 18.7. The topological polar surface area (TPSA) is 108 Å². The number of halogens is 1. The van der Waals surface area contributed by atoms with Gasteiger partial charge in [-0.3, -0.25) is 14.2 Å². The van der Waals surface area contributed by atoms with E-state index in [2.05, 4.69) is 20.5 Å². The van der Waals surface area contributed by atoms with Gasteiger partial charge in [0.1, 0.15) is 0 Å². The number of amides is 1. The number of H-pyrrole nitrogens is 1. The van der Waals surface area contributed by atoms with Gasteiger partial charge in [-0.05, 0) is 18.2 Å². The zero-order chi connectivity index (χ0) is 21.7. The van der Waals surface area contributed by atoms with Crippen molar-refractivity contribution in [3.8, 4) is 11.4 Å². The zero-order valence-electron chi connectivity index (χ0n) is 16.3. The number of anilines is 1. The van der Waals surface area contributed by atoms with Crippen LogP contribution < -0.4 is 9.62 Å². The van der Waals surface area contributed by atoms with Gasteiger partial charge in [-0.2, -0.15) is 0 Å². The molecule has 0 aliphatic rings. The first-order valence-corrected chi connectivity index (χ1v) is 12.1. The van der Waals surface area contributed by atoms with Gasteiger partial charge in [0.05, 0.1) is 17.0 Å². The van der Waals surface area contributed by atoms with Crippen LogP contribution in [0.4, 0.5) is 5.69 Å². The van der Waals surface area contributed by atoms with Crippen molar-refractivity contribution in [2.24, 2.45) is 0 Å². The highest BCUT2D eigenvalue weighted by Crippen LogP contribution is 2.27. The highest BCUT2D eigenvalue weighted by atomic mass is 35.5. The number of thioether (sulfide) groups is 1. The van der Waals surface area contributed by atoms with Gasteiger partial charge in [-0.15, -0.1) is 5.10 Å². The second kappa shape index (κ2) is 9.50. The van der Waals surface area contributed by atoms with E-state index in [4.69, 9.17) is 11.6 Å². The fraction of sp³-hybridized carbons (Fsp3) is 0.211. The third-order valence-corrected chi connectivity index (χ3v) is 6.54. The van der Waals surface area contributed by atoms with E-state index in [1.165, 1.54) is 30.9 Å². The molecule has 0 spiro atoms. The Labute approximate surface area is 184 Å².